The third kappa shape index (κ3) is 22.4. The fourth-order valence-corrected chi connectivity index (χ4v) is 0. The second kappa shape index (κ2) is 5.92. The Morgan fingerprint density at radius 1 is 1.58 bits per heavy atom. The smallest absolute Gasteiger partial charge is 0.264 e. The zero-order valence-electron chi connectivity index (χ0n) is 7.43. The molecule has 2 atom stereocenters. The van der Waals surface area contributed by atoms with Crippen molar-refractivity contribution in [2.75, 3.05) is 19.9 Å². The maximum atomic E-state index is 9.36. The predicted octanol–water partition coefficient (Wildman–Crippen LogP) is 0.0865. The highest BCUT2D eigenvalue weighted by Gasteiger charge is 1.91. The van der Waals surface area contributed by atoms with Crippen molar-refractivity contribution in [2.45, 2.75) is 6.92 Å². The van der Waals surface area contributed by atoms with Gasteiger partial charge in [0.15, 0.2) is 0 Å². The summed E-state index contributed by atoms with van der Waals surface area (Å²) in [5.74, 6) is 0. The largest absolute Gasteiger partial charge is 0.756 e. The van der Waals surface area contributed by atoms with Crippen LogP contribution < -0.4 is 4.89 Å². The summed E-state index contributed by atoms with van der Waals surface area (Å²) in [4.78, 5) is 25.8. The Morgan fingerprint density at radius 2 is 1.75 bits per heavy atom. The summed E-state index contributed by atoms with van der Waals surface area (Å²) >= 11 is 0. The van der Waals surface area contributed by atoms with Gasteiger partial charge in [-0.15, -0.1) is 0 Å². The quantitative estimate of drug-likeness (QED) is 0.639. The molecule has 0 spiro atoms. The number of phosphoric acid groups is 1. The second-order valence-electron chi connectivity index (χ2n) is 2.31. The van der Waals surface area contributed by atoms with E-state index in [1.54, 1.807) is 6.66 Å². The van der Waals surface area contributed by atoms with Gasteiger partial charge in [-0.25, -0.2) is 0 Å². The fourth-order valence-electron chi connectivity index (χ4n) is 0. The number of hydrogen-bond acceptors (Lipinski definition) is 4. The third-order valence-electron chi connectivity index (χ3n) is 0.912. The molecule has 0 fully saturated rings. The summed E-state index contributed by atoms with van der Waals surface area (Å²) in [7, 11) is -5.16. The Kier molecular flexibility index (Phi) is 7.34. The van der Waals surface area contributed by atoms with Gasteiger partial charge in [0.2, 0.25) is 0 Å². The molecule has 0 radical (unpaired) electrons. The van der Waals surface area contributed by atoms with E-state index < -0.39 is 14.9 Å². The van der Waals surface area contributed by atoms with Gasteiger partial charge in [-0.1, -0.05) is 13.2 Å². The summed E-state index contributed by atoms with van der Waals surface area (Å²) < 4.78 is 12.9. The third-order valence-corrected chi connectivity index (χ3v) is 2.74. The minimum atomic E-state index is -4.40. The molecule has 0 bridgehead atoms. The molecule has 0 saturated heterocycles. The van der Waals surface area contributed by atoms with Crippen molar-refractivity contribution in [2.24, 2.45) is 0 Å². The molecule has 0 aliphatic rings. The minimum absolute atomic E-state index is 0.826. The van der Waals surface area contributed by atoms with Crippen LogP contribution in [-0.2, 0) is 9.09 Å². The maximum absolute atomic E-state index is 9.36. The lowest BCUT2D eigenvalue weighted by Crippen LogP contribution is -1.99. The molecule has 2 unspecified atom stereocenters. The van der Waals surface area contributed by atoms with Crippen LogP contribution in [0.1, 0.15) is 6.92 Å². The van der Waals surface area contributed by atoms with Gasteiger partial charge in [0, 0.05) is 7.11 Å². The van der Waals surface area contributed by atoms with E-state index in [4.69, 9.17) is 9.79 Å². The van der Waals surface area contributed by atoms with Crippen LogP contribution in [0.4, 0.5) is 0 Å². The van der Waals surface area contributed by atoms with Gasteiger partial charge in [-0.2, -0.15) is 0 Å². The Morgan fingerprint density at radius 3 is 1.75 bits per heavy atom. The van der Waals surface area contributed by atoms with E-state index >= 15 is 0 Å². The van der Waals surface area contributed by atoms with Crippen LogP contribution in [0, 0.1) is 0 Å². The Labute approximate surface area is 72.7 Å². The average Bonchev–Trinajstić information content (AvgIpc) is 1.86. The van der Waals surface area contributed by atoms with Crippen molar-refractivity contribution >= 4 is 21.2 Å². The molecule has 0 aromatic heterocycles. The Bertz CT molecular complexity index is 168. The monoisotopic (exact) mass is 217 g/mol. The lowest BCUT2D eigenvalue weighted by atomic mass is 11.0. The van der Waals surface area contributed by atoms with E-state index in [2.05, 4.69) is 10.8 Å². The van der Waals surface area contributed by atoms with Crippen molar-refractivity contribution in [3.05, 3.63) is 0 Å². The first-order chi connectivity index (χ1) is 5.12. The van der Waals surface area contributed by atoms with E-state index in [1.807, 2.05) is 6.92 Å². The molecule has 2 N–H and O–H groups in total. The fraction of sp³-hybridized carbons (Fsp3) is 0.800. The molecule has 0 aliphatic heterocycles. The van der Waals surface area contributed by atoms with Crippen LogP contribution >= 0.6 is 14.9 Å². The highest BCUT2D eigenvalue weighted by molar-refractivity contribution is 7.67. The summed E-state index contributed by atoms with van der Waals surface area (Å²) in [6.45, 7) is 3.74. The van der Waals surface area contributed by atoms with E-state index in [0.717, 1.165) is 13.3 Å². The molecule has 0 saturated carbocycles. The predicted molar refractivity (Wildman–Crippen MR) is 49.6 cm³/mol. The standard InChI is InChI=1S/C4H11OP.CH5O4P/c1-4-6(2,3)5;1-5-6(2,3)4/h5H,2,4H2,1,3H3;1H3,(H2,2,3,4)/p-1. The topological polar surface area (TPSA) is 89.8 Å². The van der Waals surface area contributed by atoms with Crippen molar-refractivity contribution in [1.82, 2.24) is 0 Å². The number of hydrogen-bond donors (Lipinski definition) is 2. The SMILES string of the molecule is C=P(C)(O)CC.COP(=O)([O-])O. The van der Waals surface area contributed by atoms with Crippen LogP contribution in [0.15, 0.2) is 0 Å². The Hall–Kier alpha value is 0.370. The van der Waals surface area contributed by atoms with E-state index in [0.29, 0.717) is 0 Å². The molecule has 0 aliphatic carbocycles. The first kappa shape index (κ1) is 14.9. The first-order valence-electron chi connectivity index (χ1n) is 3.14. The lowest BCUT2D eigenvalue weighted by molar-refractivity contribution is -0.217. The van der Waals surface area contributed by atoms with Crippen LogP contribution in [0.3, 0.4) is 0 Å². The van der Waals surface area contributed by atoms with Gasteiger partial charge >= 0.3 is 0 Å². The van der Waals surface area contributed by atoms with Crippen molar-refractivity contribution in [3.8, 4) is 0 Å². The van der Waals surface area contributed by atoms with E-state index in [9.17, 15) is 9.46 Å². The zero-order valence-corrected chi connectivity index (χ0v) is 9.22. The van der Waals surface area contributed by atoms with Crippen molar-refractivity contribution in [3.63, 3.8) is 0 Å². The van der Waals surface area contributed by atoms with Crippen molar-refractivity contribution < 1.29 is 23.8 Å². The average molecular weight is 217 g/mol. The van der Waals surface area contributed by atoms with E-state index in [-0.39, 0.29) is 0 Å². The lowest BCUT2D eigenvalue weighted by Gasteiger charge is -2.09. The van der Waals surface area contributed by atoms with Gasteiger partial charge in [0.05, 0.1) is 0 Å². The van der Waals surface area contributed by atoms with Gasteiger partial charge < -0.3 is 19.2 Å². The summed E-state index contributed by atoms with van der Waals surface area (Å²) in [6, 6.07) is 0. The minimum Gasteiger partial charge on any atom is -0.756 e. The van der Waals surface area contributed by atoms with Gasteiger partial charge in [0.1, 0.15) is 0 Å². The maximum Gasteiger partial charge on any atom is 0.264 e. The molecular weight excluding hydrogens is 202 g/mol. The molecule has 5 nitrogen and oxygen atoms in total. The number of phosphoric ester groups is 1. The van der Waals surface area contributed by atoms with Gasteiger partial charge in [-0.05, 0) is 19.9 Å². The molecular formula is C5H15O5P2-. The summed E-state index contributed by atoms with van der Waals surface area (Å²) in [6.07, 6.45) is 4.38. The molecule has 0 aromatic carbocycles. The van der Waals surface area contributed by atoms with Gasteiger partial charge in [0.25, 0.3) is 7.82 Å². The molecule has 0 rings (SSSR count). The Balaban J connectivity index is 0. The van der Waals surface area contributed by atoms with Gasteiger partial charge in [-0.3, -0.25) is 4.57 Å². The number of rotatable bonds is 2. The molecule has 0 amide bonds. The highest BCUT2D eigenvalue weighted by Crippen LogP contribution is 2.32. The molecule has 76 valence electrons. The first-order valence-corrected chi connectivity index (χ1v) is 7.20. The zero-order chi connectivity index (χ0) is 10.4. The normalized spacial score (nSPS) is 19.8. The van der Waals surface area contributed by atoms with E-state index in [1.165, 1.54) is 0 Å². The summed E-state index contributed by atoms with van der Waals surface area (Å²) in [5.41, 5.74) is 0. The molecule has 12 heavy (non-hydrogen) atoms. The van der Waals surface area contributed by atoms with Crippen LogP contribution in [0.2, 0.25) is 0 Å². The van der Waals surface area contributed by atoms with Crippen LogP contribution in [-0.4, -0.2) is 36.0 Å². The van der Waals surface area contributed by atoms with Crippen molar-refractivity contribution in [1.29, 1.82) is 0 Å². The molecule has 0 heterocycles. The second-order valence-corrected chi connectivity index (χ2v) is 6.92. The highest BCUT2D eigenvalue weighted by atomic mass is 31.2. The van der Waals surface area contributed by atoms with Crippen LogP contribution in [0.25, 0.3) is 0 Å². The van der Waals surface area contributed by atoms with Crippen LogP contribution in [0.5, 0.6) is 0 Å². The molecule has 7 heteroatoms. The summed E-state index contributed by atoms with van der Waals surface area (Å²) in [5, 5.41) is 0. The molecule has 0 aromatic rings.